The number of hydrogen-bond acceptors (Lipinski definition) is 5. The first-order chi connectivity index (χ1) is 8.78. The Morgan fingerprint density at radius 1 is 0.889 bits per heavy atom. The van der Waals surface area contributed by atoms with Crippen LogP contribution in [0.1, 0.15) is 25.7 Å². The van der Waals surface area contributed by atoms with Crippen molar-refractivity contribution in [3.05, 3.63) is 24.3 Å². The van der Waals surface area contributed by atoms with Gasteiger partial charge in [0.1, 0.15) is 0 Å². The van der Waals surface area contributed by atoms with Crippen molar-refractivity contribution >= 4 is 22.8 Å². The van der Waals surface area contributed by atoms with Crippen molar-refractivity contribution in [2.75, 3.05) is 7.05 Å². The predicted molar refractivity (Wildman–Crippen MR) is 75.8 cm³/mol. The van der Waals surface area contributed by atoms with Gasteiger partial charge in [0.15, 0.2) is 0 Å². The Balaban J connectivity index is 2.01. The fraction of sp³-hybridized carbons (Fsp3) is 0.385. The van der Waals surface area contributed by atoms with Crippen LogP contribution in [-0.4, -0.2) is 29.9 Å². The highest BCUT2D eigenvalue weighted by Crippen LogP contribution is 2.08. The quantitative estimate of drug-likeness (QED) is 0.716. The third-order valence-corrected chi connectivity index (χ3v) is 2.80. The number of nitrogens with one attached hydrogen (secondary N) is 2. The molecule has 0 atom stereocenters. The molecule has 0 bridgehead atoms. The maximum absolute atomic E-state index is 7.46. The molecule has 0 saturated carbocycles. The molecule has 2 rings (SSSR count). The van der Waals surface area contributed by atoms with Gasteiger partial charge in [0.25, 0.3) is 0 Å². The first kappa shape index (κ1) is 12.4. The molecule has 0 heterocycles. The number of hydrazone groups is 1. The first-order valence-corrected chi connectivity index (χ1v) is 6.08. The summed E-state index contributed by atoms with van der Waals surface area (Å²) in [5, 5.41) is 20.1. The van der Waals surface area contributed by atoms with Gasteiger partial charge < -0.3 is 10.8 Å². The van der Waals surface area contributed by atoms with Crippen molar-refractivity contribution in [3.63, 3.8) is 0 Å². The third-order valence-electron chi connectivity index (χ3n) is 2.80. The summed E-state index contributed by atoms with van der Waals surface area (Å²) in [4.78, 5) is 0. The van der Waals surface area contributed by atoms with E-state index < -0.39 is 0 Å². The Kier molecular flexibility index (Phi) is 4.17. The highest BCUT2D eigenvalue weighted by Gasteiger charge is 2.07. The minimum atomic E-state index is 0.659. The van der Waals surface area contributed by atoms with Crippen LogP contribution in [0, 0.1) is 5.41 Å². The van der Waals surface area contributed by atoms with Gasteiger partial charge >= 0.3 is 0 Å². The largest absolute Gasteiger partial charge is 0.313 e. The van der Waals surface area contributed by atoms with Gasteiger partial charge in [0.05, 0.1) is 17.1 Å². The van der Waals surface area contributed by atoms with E-state index in [1.54, 1.807) is 13.1 Å². The van der Waals surface area contributed by atoms with E-state index in [9.17, 15) is 0 Å². The van der Waals surface area contributed by atoms with E-state index in [1.165, 1.54) is 0 Å². The van der Waals surface area contributed by atoms with E-state index >= 15 is 0 Å². The molecule has 5 heteroatoms. The van der Waals surface area contributed by atoms with Gasteiger partial charge in [-0.25, -0.2) is 0 Å². The lowest BCUT2D eigenvalue weighted by Crippen LogP contribution is -2.11. The second-order valence-electron chi connectivity index (χ2n) is 4.20. The molecule has 0 fully saturated rings. The highest BCUT2D eigenvalue weighted by molar-refractivity contribution is 6.10. The number of rotatable bonds is 2. The molecule has 0 saturated heterocycles. The second kappa shape index (κ2) is 6.05. The molecule has 0 aliphatic heterocycles. The Labute approximate surface area is 107 Å². The molecule has 0 radical (unpaired) electrons. The molecular weight excluding hydrogens is 226 g/mol. The molecule has 0 aromatic heterocycles. The minimum absolute atomic E-state index is 0.659. The second-order valence-corrected chi connectivity index (χ2v) is 4.20. The van der Waals surface area contributed by atoms with Crippen molar-refractivity contribution < 1.29 is 0 Å². The molecule has 0 amide bonds. The standard InChI is InChI=1S/C13H17N5/c1-15-16-11-6-8-13(9-7-11)18-17-12-4-2-10(14)3-5-12/h2,4,6,8,14-15H,3,5,7,9H2,1H3. The third kappa shape index (κ3) is 3.48. The summed E-state index contributed by atoms with van der Waals surface area (Å²) < 4.78 is 0. The van der Waals surface area contributed by atoms with Gasteiger partial charge in [-0.2, -0.15) is 15.3 Å². The lowest BCUT2D eigenvalue weighted by atomic mass is 10.0. The number of hydrogen-bond donors (Lipinski definition) is 2. The zero-order chi connectivity index (χ0) is 12.8. The average Bonchev–Trinajstić information content (AvgIpc) is 2.40. The van der Waals surface area contributed by atoms with Gasteiger partial charge in [-0.15, -0.1) is 0 Å². The van der Waals surface area contributed by atoms with Crippen molar-refractivity contribution in [2.45, 2.75) is 25.7 Å². The van der Waals surface area contributed by atoms with Crippen LogP contribution < -0.4 is 5.43 Å². The fourth-order valence-corrected chi connectivity index (χ4v) is 1.77. The predicted octanol–water partition coefficient (Wildman–Crippen LogP) is 2.08. The molecule has 0 unspecified atom stereocenters. The lowest BCUT2D eigenvalue weighted by molar-refractivity contribution is 0.889. The zero-order valence-electron chi connectivity index (χ0n) is 10.5. The molecule has 18 heavy (non-hydrogen) atoms. The molecule has 94 valence electrons. The summed E-state index contributed by atoms with van der Waals surface area (Å²) in [5.41, 5.74) is 6.40. The monoisotopic (exact) mass is 243 g/mol. The summed E-state index contributed by atoms with van der Waals surface area (Å²) in [6.45, 7) is 0. The molecule has 0 spiro atoms. The van der Waals surface area contributed by atoms with Gasteiger partial charge in [-0.3, -0.25) is 0 Å². The molecule has 2 aliphatic rings. The lowest BCUT2D eigenvalue weighted by Gasteiger charge is -2.08. The maximum atomic E-state index is 7.46. The average molecular weight is 243 g/mol. The fourth-order valence-electron chi connectivity index (χ4n) is 1.77. The van der Waals surface area contributed by atoms with Gasteiger partial charge in [0, 0.05) is 12.8 Å². The Hall–Kier alpha value is -2.04. The maximum Gasteiger partial charge on any atom is 0.0635 e. The van der Waals surface area contributed by atoms with E-state index in [2.05, 4.69) is 20.7 Å². The van der Waals surface area contributed by atoms with Crippen molar-refractivity contribution in [1.82, 2.24) is 5.43 Å². The SMILES string of the molecule is CNN=C1C=CC(=NN=C2C=CC(=N)CC2)CC1. The normalized spacial score (nSPS) is 26.3. The van der Waals surface area contributed by atoms with Gasteiger partial charge in [-0.1, -0.05) is 0 Å². The first-order valence-electron chi connectivity index (χ1n) is 6.08. The van der Waals surface area contributed by atoms with Crippen LogP contribution in [-0.2, 0) is 0 Å². The Bertz CT molecular complexity index is 480. The topological polar surface area (TPSA) is 73.0 Å². The van der Waals surface area contributed by atoms with Crippen LogP contribution in [0.2, 0.25) is 0 Å². The van der Waals surface area contributed by atoms with Crippen molar-refractivity contribution in [2.24, 2.45) is 15.3 Å². The molecule has 0 aromatic carbocycles. The van der Waals surface area contributed by atoms with Crippen LogP contribution in [0.5, 0.6) is 0 Å². The van der Waals surface area contributed by atoms with Crippen LogP contribution in [0.15, 0.2) is 39.6 Å². The van der Waals surface area contributed by atoms with E-state index in [0.717, 1.165) is 42.8 Å². The summed E-state index contributed by atoms with van der Waals surface area (Å²) >= 11 is 0. The van der Waals surface area contributed by atoms with E-state index in [4.69, 9.17) is 5.41 Å². The van der Waals surface area contributed by atoms with Gasteiger partial charge in [0.2, 0.25) is 0 Å². The van der Waals surface area contributed by atoms with Crippen molar-refractivity contribution in [1.29, 1.82) is 5.41 Å². The molecule has 2 aliphatic carbocycles. The van der Waals surface area contributed by atoms with Gasteiger partial charge in [-0.05, 0) is 50.0 Å². The molecular formula is C13H17N5. The number of allylic oxidation sites excluding steroid dienone is 4. The van der Waals surface area contributed by atoms with E-state index in [-0.39, 0.29) is 0 Å². The summed E-state index contributed by atoms with van der Waals surface area (Å²) in [6, 6.07) is 0. The molecule has 5 nitrogen and oxygen atoms in total. The summed E-state index contributed by atoms with van der Waals surface area (Å²) in [6.07, 6.45) is 10.9. The van der Waals surface area contributed by atoms with E-state index in [0.29, 0.717) is 5.71 Å². The molecule has 2 N–H and O–H groups in total. The smallest absolute Gasteiger partial charge is 0.0635 e. The summed E-state index contributed by atoms with van der Waals surface area (Å²) in [7, 11) is 1.80. The molecule has 0 aromatic rings. The zero-order valence-corrected chi connectivity index (χ0v) is 10.5. The summed E-state index contributed by atoms with van der Waals surface area (Å²) in [5.74, 6) is 0. The highest BCUT2D eigenvalue weighted by atomic mass is 15.3. The van der Waals surface area contributed by atoms with E-state index in [1.807, 2.05) is 18.2 Å². The van der Waals surface area contributed by atoms with Crippen LogP contribution in [0.25, 0.3) is 0 Å². The van der Waals surface area contributed by atoms with Crippen molar-refractivity contribution in [3.8, 4) is 0 Å². The Morgan fingerprint density at radius 2 is 1.44 bits per heavy atom. The van der Waals surface area contributed by atoms with Crippen LogP contribution in [0.4, 0.5) is 0 Å². The van der Waals surface area contributed by atoms with Crippen LogP contribution in [0.3, 0.4) is 0 Å². The van der Waals surface area contributed by atoms with Crippen LogP contribution >= 0.6 is 0 Å². The minimum Gasteiger partial charge on any atom is -0.313 e. The Morgan fingerprint density at radius 3 is 1.94 bits per heavy atom. The number of nitrogens with zero attached hydrogens (tertiary/aromatic N) is 3.